The minimum Gasteiger partial charge on any atom is -0.493 e. The molecule has 0 heterocycles. The molecule has 0 saturated carbocycles. The molecular weight excluding hydrogens is 221 g/mol. The van der Waals surface area contributed by atoms with E-state index in [-0.39, 0.29) is 0 Å². The fraction of sp³-hybridized carbons (Fsp3) is 0.333. The van der Waals surface area contributed by atoms with Crippen molar-refractivity contribution in [2.24, 2.45) is 0 Å². The summed E-state index contributed by atoms with van der Waals surface area (Å²) in [5.74, 6) is 0.229. The van der Waals surface area contributed by atoms with Crippen molar-refractivity contribution in [3.8, 4) is 5.75 Å². The molecule has 4 nitrogen and oxygen atoms in total. The molecule has 0 aliphatic rings. The third kappa shape index (κ3) is 3.39. The number of thioether (sulfide) groups is 1. The molecule has 0 spiro atoms. The van der Waals surface area contributed by atoms with Crippen molar-refractivity contribution in [3.05, 3.63) is 34.1 Å². The van der Waals surface area contributed by atoms with E-state index in [1.165, 1.54) is 6.07 Å². The largest absolute Gasteiger partial charge is 0.493 e. The third-order valence-electron chi connectivity index (χ3n) is 1.67. The number of hydrogen-bond donors (Lipinski definition) is 0. The van der Waals surface area contributed by atoms with Gasteiger partial charge in [0.2, 0.25) is 5.82 Å². The molecule has 6 heteroatoms. The van der Waals surface area contributed by atoms with Crippen molar-refractivity contribution in [2.75, 3.05) is 18.6 Å². The normalized spacial score (nSPS) is 10.0. The zero-order chi connectivity index (χ0) is 11.3. The van der Waals surface area contributed by atoms with Gasteiger partial charge in [-0.1, -0.05) is 0 Å². The molecule has 1 aromatic carbocycles. The first-order valence-electron chi connectivity index (χ1n) is 4.21. The average Bonchev–Trinajstić information content (AvgIpc) is 2.17. The van der Waals surface area contributed by atoms with Gasteiger partial charge in [-0.05, 0) is 12.3 Å². The molecule has 0 saturated heterocycles. The molecule has 0 radical (unpaired) electrons. The number of ether oxygens (including phenoxy) is 1. The predicted octanol–water partition coefficient (Wildman–Crippen LogP) is 2.48. The quantitative estimate of drug-likeness (QED) is 0.444. The summed E-state index contributed by atoms with van der Waals surface area (Å²) < 4.78 is 18.3. The Morgan fingerprint density at radius 2 is 2.33 bits per heavy atom. The maximum Gasteiger partial charge on any atom is 0.305 e. The van der Waals surface area contributed by atoms with Crippen LogP contribution in [0.2, 0.25) is 0 Å². The van der Waals surface area contributed by atoms with Crippen LogP contribution in [0.25, 0.3) is 0 Å². The summed E-state index contributed by atoms with van der Waals surface area (Å²) in [4.78, 5) is 9.55. The van der Waals surface area contributed by atoms with E-state index in [1.807, 2.05) is 6.26 Å². The lowest BCUT2D eigenvalue weighted by Gasteiger charge is -2.04. The van der Waals surface area contributed by atoms with Gasteiger partial charge in [0, 0.05) is 17.9 Å². The average molecular weight is 231 g/mol. The Balaban J connectivity index is 2.69. The molecule has 1 aromatic rings. The topological polar surface area (TPSA) is 52.4 Å². The maximum atomic E-state index is 13.1. The summed E-state index contributed by atoms with van der Waals surface area (Å²) in [7, 11) is 0. The third-order valence-corrected chi connectivity index (χ3v) is 2.25. The first-order valence-corrected chi connectivity index (χ1v) is 5.60. The molecule has 0 aliphatic heterocycles. The first kappa shape index (κ1) is 11.8. The molecule has 0 amide bonds. The highest BCUT2D eigenvalue weighted by atomic mass is 32.2. The molecule has 1 rings (SSSR count). The van der Waals surface area contributed by atoms with Gasteiger partial charge >= 0.3 is 5.69 Å². The summed E-state index contributed by atoms with van der Waals surface area (Å²) in [5.41, 5.74) is -0.535. The van der Waals surface area contributed by atoms with E-state index in [4.69, 9.17) is 4.74 Å². The van der Waals surface area contributed by atoms with E-state index < -0.39 is 16.4 Å². The first-order chi connectivity index (χ1) is 7.15. The van der Waals surface area contributed by atoms with Crippen LogP contribution in [0.4, 0.5) is 10.1 Å². The lowest BCUT2D eigenvalue weighted by molar-refractivity contribution is -0.387. The molecule has 0 fully saturated rings. The van der Waals surface area contributed by atoms with Gasteiger partial charge in [0.25, 0.3) is 0 Å². The Kier molecular flexibility index (Phi) is 4.36. The highest BCUT2D eigenvalue weighted by Crippen LogP contribution is 2.22. The van der Waals surface area contributed by atoms with Crippen LogP contribution in [0.1, 0.15) is 0 Å². The van der Waals surface area contributed by atoms with Crippen LogP contribution in [0, 0.1) is 15.9 Å². The van der Waals surface area contributed by atoms with Crippen LogP contribution < -0.4 is 4.74 Å². The highest BCUT2D eigenvalue weighted by molar-refractivity contribution is 7.98. The number of nitro benzene ring substituents is 1. The minimum absolute atomic E-state index is 0.312. The summed E-state index contributed by atoms with van der Waals surface area (Å²) >= 11 is 1.61. The Morgan fingerprint density at radius 1 is 1.60 bits per heavy atom. The van der Waals surface area contributed by atoms with E-state index in [0.717, 1.165) is 17.9 Å². The molecule has 15 heavy (non-hydrogen) atoms. The Bertz CT molecular complexity index is 359. The van der Waals surface area contributed by atoms with E-state index >= 15 is 0 Å². The van der Waals surface area contributed by atoms with E-state index in [9.17, 15) is 14.5 Å². The highest BCUT2D eigenvalue weighted by Gasteiger charge is 2.13. The number of nitro groups is 1. The second kappa shape index (κ2) is 5.55. The lowest BCUT2D eigenvalue weighted by Crippen LogP contribution is -2.00. The van der Waals surface area contributed by atoms with Gasteiger partial charge in [-0.25, -0.2) is 0 Å². The van der Waals surface area contributed by atoms with Crippen molar-refractivity contribution < 1.29 is 14.1 Å². The van der Waals surface area contributed by atoms with Gasteiger partial charge in [0.1, 0.15) is 5.75 Å². The van der Waals surface area contributed by atoms with Gasteiger partial charge in [-0.3, -0.25) is 10.1 Å². The minimum atomic E-state index is -0.873. The van der Waals surface area contributed by atoms with E-state index in [2.05, 4.69) is 0 Å². The van der Waals surface area contributed by atoms with Crippen molar-refractivity contribution in [1.82, 2.24) is 0 Å². The second-order valence-corrected chi connectivity index (χ2v) is 3.70. The number of nitrogens with zero attached hydrogens (tertiary/aromatic N) is 1. The molecule has 0 aromatic heterocycles. The second-order valence-electron chi connectivity index (χ2n) is 2.71. The van der Waals surface area contributed by atoms with Crippen LogP contribution in [-0.2, 0) is 0 Å². The summed E-state index contributed by atoms with van der Waals surface area (Å²) in [5, 5.41) is 10.3. The number of halogens is 1. The van der Waals surface area contributed by atoms with Crippen molar-refractivity contribution >= 4 is 17.4 Å². The van der Waals surface area contributed by atoms with E-state index in [0.29, 0.717) is 12.4 Å². The Morgan fingerprint density at radius 3 is 2.87 bits per heavy atom. The van der Waals surface area contributed by atoms with Crippen LogP contribution in [-0.4, -0.2) is 23.5 Å². The number of hydrogen-bond acceptors (Lipinski definition) is 4. The maximum absolute atomic E-state index is 13.1. The number of rotatable bonds is 5. The predicted molar refractivity (Wildman–Crippen MR) is 56.9 cm³/mol. The SMILES string of the molecule is CSCCOc1ccc([N+](=O)[O-])c(F)c1. The van der Waals surface area contributed by atoms with Crippen LogP contribution >= 0.6 is 11.8 Å². The smallest absolute Gasteiger partial charge is 0.305 e. The van der Waals surface area contributed by atoms with Gasteiger partial charge < -0.3 is 4.74 Å². The van der Waals surface area contributed by atoms with Crippen LogP contribution in [0.5, 0.6) is 5.75 Å². The molecule has 0 bridgehead atoms. The zero-order valence-corrected chi connectivity index (χ0v) is 8.92. The van der Waals surface area contributed by atoms with Crippen molar-refractivity contribution in [1.29, 1.82) is 0 Å². The molecule has 0 N–H and O–H groups in total. The monoisotopic (exact) mass is 231 g/mol. The zero-order valence-electron chi connectivity index (χ0n) is 8.10. The lowest BCUT2D eigenvalue weighted by atomic mass is 10.3. The fourth-order valence-corrected chi connectivity index (χ4v) is 1.22. The van der Waals surface area contributed by atoms with E-state index in [1.54, 1.807) is 11.8 Å². The molecule has 0 atom stereocenters. The number of benzene rings is 1. The van der Waals surface area contributed by atoms with Gasteiger partial charge in [-0.15, -0.1) is 0 Å². The van der Waals surface area contributed by atoms with Crippen LogP contribution in [0.3, 0.4) is 0 Å². The summed E-state index contributed by atoms with van der Waals surface area (Å²) in [6.07, 6.45) is 1.93. The van der Waals surface area contributed by atoms with Gasteiger partial charge in [0.05, 0.1) is 11.5 Å². The molecular formula is C9H10FNO3S. The summed E-state index contributed by atoms with van der Waals surface area (Å²) in [6, 6.07) is 3.52. The van der Waals surface area contributed by atoms with Crippen molar-refractivity contribution in [3.63, 3.8) is 0 Å². The Labute approximate surface area is 90.6 Å². The van der Waals surface area contributed by atoms with Gasteiger partial charge in [-0.2, -0.15) is 16.2 Å². The van der Waals surface area contributed by atoms with Crippen molar-refractivity contribution in [2.45, 2.75) is 0 Å². The van der Waals surface area contributed by atoms with Crippen LogP contribution in [0.15, 0.2) is 18.2 Å². The molecule has 0 unspecified atom stereocenters. The van der Waals surface area contributed by atoms with Gasteiger partial charge in [0.15, 0.2) is 0 Å². The fourth-order valence-electron chi connectivity index (χ4n) is 0.968. The standard InChI is InChI=1S/C9H10FNO3S/c1-15-5-4-14-7-2-3-9(11(12)13)8(10)6-7/h2-3,6H,4-5H2,1H3. The Hall–Kier alpha value is -1.30. The molecule has 0 aliphatic carbocycles. The summed E-state index contributed by atoms with van der Waals surface area (Å²) in [6.45, 7) is 0.457. The molecule has 82 valence electrons.